The molecule has 1 aliphatic rings. The molecule has 0 atom stereocenters. The first-order chi connectivity index (χ1) is 12.5. The predicted molar refractivity (Wildman–Crippen MR) is 92.9 cm³/mol. The Labute approximate surface area is 150 Å². The fourth-order valence-corrected chi connectivity index (χ4v) is 3.05. The van der Waals surface area contributed by atoms with Crippen molar-refractivity contribution >= 4 is 17.5 Å². The van der Waals surface area contributed by atoms with Crippen LogP contribution in [0.3, 0.4) is 0 Å². The molecule has 3 rings (SSSR count). The Morgan fingerprint density at radius 2 is 1.69 bits per heavy atom. The average Bonchev–Trinajstić information content (AvgIpc) is 2.63. The van der Waals surface area contributed by atoms with E-state index in [2.05, 4.69) is 0 Å². The van der Waals surface area contributed by atoms with Gasteiger partial charge in [-0.05, 0) is 13.0 Å². The molecule has 6 heteroatoms. The van der Waals surface area contributed by atoms with Gasteiger partial charge in [-0.3, -0.25) is 14.4 Å². The van der Waals surface area contributed by atoms with Gasteiger partial charge in [-0.15, -0.1) is 0 Å². The number of fused-ring (bicyclic) bond motifs is 2. The van der Waals surface area contributed by atoms with Gasteiger partial charge < -0.3 is 14.2 Å². The molecule has 0 spiro atoms. The zero-order valence-electron chi connectivity index (χ0n) is 14.8. The van der Waals surface area contributed by atoms with Crippen LogP contribution in [-0.2, 0) is 16.1 Å². The molecule has 0 saturated heterocycles. The molecule has 6 nitrogen and oxygen atoms in total. The maximum absolute atomic E-state index is 13.0. The van der Waals surface area contributed by atoms with Gasteiger partial charge in [0.1, 0.15) is 11.5 Å². The van der Waals surface area contributed by atoms with Crippen LogP contribution in [-0.4, -0.2) is 31.3 Å². The summed E-state index contributed by atoms with van der Waals surface area (Å²) in [4.78, 5) is 37.4. The lowest BCUT2D eigenvalue weighted by molar-refractivity contribution is -0.132. The molecule has 0 aromatic heterocycles. The standard InChI is InChI=1S/C20H18O6/c1-4-25-10-15-16(26-11(2)21)9-14-17(20(15)24-3)19(23)13-8-6-5-7-12(13)18(14)22/h5-9H,4,10H2,1-3H3. The van der Waals surface area contributed by atoms with Gasteiger partial charge in [0, 0.05) is 30.2 Å². The Morgan fingerprint density at radius 1 is 1.04 bits per heavy atom. The zero-order chi connectivity index (χ0) is 18.8. The van der Waals surface area contributed by atoms with E-state index in [-0.39, 0.29) is 40.8 Å². The van der Waals surface area contributed by atoms with E-state index in [4.69, 9.17) is 14.2 Å². The Kier molecular flexibility index (Phi) is 4.86. The van der Waals surface area contributed by atoms with Crippen LogP contribution in [0.25, 0.3) is 0 Å². The van der Waals surface area contributed by atoms with Crippen molar-refractivity contribution in [2.24, 2.45) is 0 Å². The minimum atomic E-state index is -0.542. The van der Waals surface area contributed by atoms with Crippen LogP contribution in [0.5, 0.6) is 11.5 Å². The third kappa shape index (κ3) is 2.88. The molecule has 0 unspecified atom stereocenters. The van der Waals surface area contributed by atoms with Gasteiger partial charge in [0.15, 0.2) is 11.6 Å². The quantitative estimate of drug-likeness (QED) is 0.518. The molecule has 0 amide bonds. The molecule has 0 fully saturated rings. The Hall–Kier alpha value is -2.99. The highest BCUT2D eigenvalue weighted by atomic mass is 16.5. The van der Waals surface area contributed by atoms with E-state index in [0.717, 1.165) is 0 Å². The summed E-state index contributed by atoms with van der Waals surface area (Å²) < 4.78 is 16.2. The lowest BCUT2D eigenvalue weighted by Crippen LogP contribution is -2.23. The van der Waals surface area contributed by atoms with E-state index in [1.165, 1.54) is 20.1 Å². The van der Waals surface area contributed by atoms with Crippen molar-refractivity contribution in [1.82, 2.24) is 0 Å². The monoisotopic (exact) mass is 354 g/mol. The number of esters is 1. The minimum Gasteiger partial charge on any atom is -0.495 e. The van der Waals surface area contributed by atoms with Crippen LogP contribution in [0.15, 0.2) is 30.3 Å². The molecule has 2 aromatic carbocycles. The van der Waals surface area contributed by atoms with E-state index in [1.807, 2.05) is 6.92 Å². The third-order valence-electron chi connectivity index (χ3n) is 4.14. The fraction of sp³-hybridized carbons (Fsp3) is 0.250. The second kappa shape index (κ2) is 7.09. The number of ether oxygens (including phenoxy) is 3. The highest BCUT2D eigenvalue weighted by Gasteiger charge is 2.35. The topological polar surface area (TPSA) is 78.9 Å². The molecule has 0 radical (unpaired) electrons. The van der Waals surface area contributed by atoms with E-state index in [1.54, 1.807) is 24.3 Å². The molecule has 26 heavy (non-hydrogen) atoms. The van der Waals surface area contributed by atoms with Crippen molar-refractivity contribution < 1.29 is 28.6 Å². The van der Waals surface area contributed by atoms with Gasteiger partial charge >= 0.3 is 5.97 Å². The molecule has 0 saturated carbocycles. The van der Waals surface area contributed by atoms with Crippen molar-refractivity contribution in [1.29, 1.82) is 0 Å². The van der Waals surface area contributed by atoms with Crippen molar-refractivity contribution in [2.75, 3.05) is 13.7 Å². The molecule has 2 aromatic rings. The number of methoxy groups -OCH3 is 1. The average molecular weight is 354 g/mol. The summed E-state index contributed by atoms with van der Waals surface area (Å²) in [6, 6.07) is 8.03. The molecule has 0 bridgehead atoms. The number of benzene rings is 2. The largest absolute Gasteiger partial charge is 0.495 e. The van der Waals surface area contributed by atoms with Crippen LogP contribution < -0.4 is 9.47 Å². The summed E-state index contributed by atoms with van der Waals surface area (Å²) in [5.41, 5.74) is 1.39. The van der Waals surface area contributed by atoms with Crippen LogP contribution in [0.4, 0.5) is 0 Å². The van der Waals surface area contributed by atoms with Crippen LogP contribution in [0.2, 0.25) is 0 Å². The van der Waals surface area contributed by atoms with E-state index in [9.17, 15) is 14.4 Å². The Balaban J connectivity index is 2.28. The first kappa shape index (κ1) is 17.8. The van der Waals surface area contributed by atoms with Crippen LogP contribution in [0.1, 0.15) is 51.3 Å². The van der Waals surface area contributed by atoms with Gasteiger partial charge in [-0.2, -0.15) is 0 Å². The first-order valence-electron chi connectivity index (χ1n) is 8.18. The smallest absolute Gasteiger partial charge is 0.308 e. The van der Waals surface area contributed by atoms with Gasteiger partial charge in [0.05, 0.1) is 24.8 Å². The minimum absolute atomic E-state index is 0.0820. The summed E-state index contributed by atoms with van der Waals surface area (Å²) in [7, 11) is 1.40. The van der Waals surface area contributed by atoms with Gasteiger partial charge in [-0.25, -0.2) is 0 Å². The third-order valence-corrected chi connectivity index (χ3v) is 4.14. The highest BCUT2D eigenvalue weighted by Crippen LogP contribution is 2.41. The van der Waals surface area contributed by atoms with Gasteiger partial charge in [0.2, 0.25) is 0 Å². The molecule has 0 N–H and O–H groups in total. The summed E-state index contributed by atoms with van der Waals surface area (Å²) >= 11 is 0. The molecular weight excluding hydrogens is 336 g/mol. The van der Waals surface area contributed by atoms with E-state index >= 15 is 0 Å². The summed E-state index contributed by atoms with van der Waals surface area (Å²) in [6.07, 6.45) is 0. The SMILES string of the molecule is CCOCc1c(OC(C)=O)cc2c(c1OC)C(=O)c1ccccc1C2=O. The normalized spacial score (nSPS) is 12.4. The number of rotatable bonds is 5. The molecule has 1 aliphatic carbocycles. The summed E-state index contributed by atoms with van der Waals surface area (Å²) in [5, 5.41) is 0. The highest BCUT2D eigenvalue weighted by molar-refractivity contribution is 6.29. The number of carbonyl (C=O) groups excluding carboxylic acids is 3. The van der Waals surface area contributed by atoms with Crippen molar-refractivity contribution in [3.05, 3.63) is 58.1 Å². The molecule has 134 valence electrons. The number of hydrogen-bond acceptors (Lipinski definition) is 6. The Bertz CT molecular complexity index is 913. The van der Waals surface area contributed by atoms with Gasteiger partial charge in [0.25, 0.3) is 0 Å². The fourth-order valence-electron chi connectivity index (χ4n) is 3.05. The Morgan fingerprint density at radius 3 is 2.27 bits per heavy atom. The van der Waals surface area contributed by atoms with Crippen molar-refractivity contribution in [2.45, 2.75) is 20.5 Å². The second-order valence-electron chi connectivity index (χ2n) is 5.74. The van der Waals surface area contributed by atoms with Crippen molar-refractivity contribution in [3.63, 3.8) is 0 Å². The van der Waals surface area contributed by atoms with Crippen LogP contribution >= 0.6 is 0 Å². The van der Waals surface area contributed by atoms with E-state index in [0.29, 0.717) is 23.3 Å². The van der Waals surface area contributed by atoms with Crippen molar-refractivity contribution in [3.8, 4) is 11.5 Å². The zero-order valence-corrected chi connectivity index (χ0v) is 14.8. The van der Waals surface area contributed by atoms with Gasteiger partial charge in [-0.1, -0.05) is 24.3 Å². The first-order valence-corrected chi connectivity index (χ1v) is 8.18. The molecular formula is C20H18O6. The lowest BCUT2D eigenvalue weighted by Gasteiger charge is -2.23. The summed E-state index contributed by atoms with van der Waals surface area (Å²) in [6.45, 7) is 3.59. The maximum Gasteiger partial charge on any atom is 0.308 e. The number of ketones is 2. The number of carbonyl (C=O) groups is 3. The maximum atomic E-state index is 13.0. The summed E-state index contributed by atoms with van der Waals surface area (Å²) in [5.74, 6) is -0.814. The lowest BCUT2D eigenvalue weighted by atomic mass is 9.82. The predicted octanol–water partition coefficient (Wildman–Crippen LogP) is 2.93. The number of hydrogen-bond donors (Lipinski definition) is 0. The van der Waals surface area contributed by atoms with Crippen LogP contribution in [0, 0.1) is 0 Å². The molecule has 0 aliphatic heterocycles. The van der Waals surface area contributed by atoms with E-state index < -0.39 is 5.97 Å². The molecule has 0 heterocycles. The second-order valence-corrected chi connectivity index (χ2v) is 5.74.